The lowest BCUT2D eigenvalue weighted by atomic mass is 10.1. The Morgan fingerprint density at radius 1 is 1.00 bits per heavy atom. The number of ether oxygens (including phenoxy) is 1. The van der Waals surface area contributed by atoms with Gasteiger partial charge in [-0.15, -0.1) is 0 Å². The SMILES string of the molecule is CON(C)C(=O)CCCCCCC(=O)OC(C)(C)C. The van der Waals surface area contributed by atoms with Gasteiger partial charge in [0.05, 0.1) is 7.11 Å². The normalized spacial score (nSPS) is 11.2. The van der Waals surface area contributed by atoms with E-state index in [1.54, 1.807) is 7.05 Å². The number of amides is 1. The number of unbranched alkanes of at least 4 members (excludes halogenated alkanes) is 3. The Bertz CT molecular complexity index is 284. The van der Waals surface area contributed by atoms with E-state index in [0.29, 0.717) is 12.8 Å². The highest BCUT2D eigenvalue weighted by Crippen LogP contribution is 2.11. The summed E-state index contributed by atoms with van der Waals surface area (Å²) in [6.45, 7) is 5.59. The van der Waals surface area contributed by atoms with E-state index in [-0.39, 0.29) is 11.9 Å². The molecule has 19 heavy (non-hydrogen) atoms. The molecule has 0 bridgehead atoms. The van der Waals surface area contributed by atoms with Gasteiger partial charge in [-0.2, -0.15) is 0 Å². The van der Waals surface area contributed by atoms with E-state index in [9.17, 15) is 9.59 Å². The number of rotatable bonds is 8. The first kappa shape index (κ1) is 17.9. The van der Waals surface area contributed by atoms with Gasteiger partial charge in [-0.3, -0.25) is 14.4 Å². The molecule has 112 valence electrons. The van der Waals surface area contributed by atoms with Gasteiger partial charge >= 0.3 is 5.97 Å². The van der Waals surface area contributed by atoms with Crippen molar-refractivity contribution < 1.29 is 19.2 Å². The summed E-state index contributed by atoms with van der Waals surface area (Å²) in [5.41, 5.74) is -0.408. The molecule has 0 aliphatic rings. The molecule has 1 amide bonds. The van der Waals surface area contributed by atoms with Gasteiger partial charge in [0.15, 0.2) is 0 Å². The molecule has 5 nitrogen and oxygen atoms in total. The Labute approximate surface area is 116 Å². The first-order chi connectivity index (χ1) is 8.76. The van der Waals surface area contributed by atoms with Crippen molar-refractivity contribution >= 4 is 11.9 Å². The van der Waals surface area contributed by atoms with Crippen LogP contribution in [0.2, 0.25) is 0 Å². The molecule has 5 heteroatoms. The number of carbonyl (C=O) groups excluding carboxylic acids is 2. The van der Waals surface area contributed by atoms with E-state index < -0.39 is 5.60 Å². The standard InChI is InChI=1S/C14H27NO4/c1-14(2,3)19-13(17)11-9-7-6-8-10-12(16)15(4)18-5/h6-11H2,1-5H3. The van der Waals surface area contributed by atoms with Crippen LogP contribution in [0.5, 0.6) is 0 Å². The van der Waals surface area contributed by atoms with Crippen LogP contribution in [-0.2, 0) is 19.2 Å². The minimum Gasteiger partial charge on any atom is -0.460 e. The molecule has 0 aliphatic heterocycles. The Hall–Kier alpha value is -1.10. The molecule has 0 unspecified atom stereocenters. The topological polar surface area (TPSA) is 55.8 Å². The summed E-state index contributed by atoms with van der Waals surface area (Å²) in [6.07, 6.45) is 4.43. The summed E-state index contributed by atoms with van der Waals surface area (Å²) in [7, 11) is 3.07. The first-order valence-electron chi connectivity index (χ1n) is 6.79. The van der Waals surface area contributed by atoms with Crippen LogP contribution >= 0.6 is 0 Å². The van der Waals surface area contributed by atoms with E-state index >= 15 is 0 Å². The monoisotopic (exact) mass is 273 g/mol. The zero-order valence-electron chi connectivity index (χ0n) is 12.8. The van der Waals surface area contributed by atoms with Crippen LogP contribution in [-0.4, -0.2) is 36.7 Å². The lowest BCUT2D eigenvalue weighted by Crippen LogP contribution is -2.24. The summed E-state index contributed by atoms with van der Waals surface area (Å²) >= 11 is 0. The van der Waals surface area contributed by atoms with Crippen LogP contribution < -0.4 is 0 Å². The summed E-state index contributed by atoms with van der Waals surface area (Å²) < 4.78 is 5.21. The average molecular weight is 273 g/mol. The van der Waals surface area contributed by atoms with E-state index in [2.05, 4.69) is 0 Å². The highest BCUT2D eigenvalue weighted by Gasteiger charge is 2.15. The maximum absolute atomic E-state index is 11.4. The molecule has 0 N–H and O–H groups in total. The van der Waals surface area contributed by atoms with Crippen molar-refractivity contribution in [2.45, 2.75) is 64.9 Å². The van der Waals surface area contributed by atoms with E-state index in [1.165, 1.54) is 12.2 Å². The molecule has 0 rings (SSSR count). The summed E-state index contributed by atoms with van der Waals surface area (Å²) in [5.74, 6) is -0.169. The molecule has 0 saturated carbocycles. The molecule has 0 radical (unpaired) electrons. The van der Waals surface area contributed by atoms with Gasteiger partial charge in [-0.25, -0.2) is 5.06 Å². The second-order valence-electron chi connectivity index (χ2n) is 5.57. The largest absolute Gasteiger partial charge is 0.460 e. The quantitative estimate of drug-likeness (QED) is 0.387. The van der Waals surface area contributed by atoms with Crippen molar-refractivity contribution in [2.75, 3.05) is 14.2 Å². The summed E-state index contributed by atoms with van der Waals surface area (Å²) in [6, 6.07) is 0. The van der Waals surface area contributed by atoms with Gasteiger partial charge in [-0.05, 0) is 33.6 Å². The Morgan fingerprint density at radius 2 is 1.53 bits per heavy atom. The third kappa shape index (κ3) is 10.5. The van der Waals surface area contributed by atoms with Crippen molar-refractivity contribution in [3.05, 3.63) is 0 Å². The molecule has 0 fully saturated rings. The Kier molecular flexibility index (Phi) is 8.39. The van der Waals surface area contributed by atoms with Crippen molar-refractivity contribution in [1.29, 1.82) is 0 Å². The predicted molar refractivity (Wildman–Crippen MR) is 73.3 cm³/mol. The smallest absolute Gasteiger partial charge is 0.306 e. The van der Waals surface area contributed by atoms with Crippen LogP contribution in [0.4, 0.5) is 0 Å². The van der Waals surface area contributed by atoms with Crippen LogP contribution in [0.3, 0.4) is 0 Å². The molecule has 0 aromatic heterocycles. The third-order valence-electron chi connectivity index (χ3n) is 2.57. The molecule has 0 aromatic rings. The number of esters is 1. The highest BCUT2D eigenvalue weighted by molar-refractivity contribution is 5.74. The van der Waals surface area contributed by atoms with Gasteiger partial charge in [0, 0.05) is 19.9 Å². The zero-order valence-corrected chi connectivity index (χ0v) is 12.8. The summed E-state index contributed by atoms with van der Waals surface area (Å²) in [5, 5.41) is 1.24. The second kappa shape index (κ2) is 8.91. The third-order valence-corrected chi connectivity index (χ3v) is 2.57. The number of hydroxylamine groups is 2. The molecule has 0 atom stereocenters. The number of carbonyl (C=O) groups is 2. The maximum atomic E-state index is 11.4. The Morgan fingerprint density at radius 3 is 2.00 bits per heavy atom. The van der Waals surface area contributed by atoms with E-state index in [1.807, 2.05) is 20.8 Å². The van der Waals surface area contributed by atoms with Crippen LogP contribution in [0, 0.1) is 0 Å². The van der Waals surface area contributed by atoms with Gasteiger partial charge < -0.3 is 4.74 Å². The van der Waals surface area contributed by atoms with Gasteiger partial charge in [0.1, 0.15) is 5.60 Å². The van der Waals surface area contributed by atoms with E-state index in [0.717, 1.165) is 25.7 Å². The number of hydrogen-bond acceptors (Lipinski definition) is 4. The molecule has 0 spiro atoms. The van der Waals surface area contributed by atoms with Crippen molar-refractivity contribution in [2.24, 2.45) is 0 Å². The zero-order chi connectivity index (χ0) is 14.9. The summed E-state index contributed by atoms with van der Waals surface area (Å²) in [4.78, 5) is 27.6. The predicted octanol–water partition coefficient (Wildman–Crippen LogP) is 2.69. The average Bonchev–Trinajstić information content (AvgIpc) is 2.29. The van der Waals surface area contributed by atoms with Crippen LogP contribution in [0.25, 0.3) is 0 Å². The lowest BCUT2D eigenvalue weighted by Gasteiger charge is -2.19. The fourth-order valence-electron chi connectivity index (χ4n) is 1.55. The Balaban J connectivity index is 3.51. The fraction of sp³-hybridized carbons (Fsp3) is 0.857. The molecule has 0 saturated heterocycles. The molecule has 0 aromatic carbocycles. The minimum atomic E-state index is -0.408. The van der Waals surface area contributed by atoms with Crippen molar-refractivity contribution in [1.82, 2.24) is 5.06 Å². The van der Waals surface area contributed by atoms with E-state index in [4.69, 9.17) is 9.57 Å². The minimum absolute atomic E-state index is 0.0188. The maximum Gasteiger partial charge on any atom is 0.306 e. The van der Waals surface area contributed by atoms with Gasteiger partial charge in [0.25, 0.3) is 0 Å². The van der Waals surface area contributed by atoms with Gasteiger partial charge in [-0.1, -0.05) is 12.8 Å². The van der Waals surface area contributed by atoms with Crippen molar-refractivity contribution in [3.8, 4) is 0 Å². The van der Waals surface area contributed by atoms with Crippen LogP contribution in [0.1, 0.15) is 59.3 Å². The van der Waals surface area contributed by atoms with Crippen molar-refractivity contribution in [3.63, 3.8) is 0 Å². The molecular weight excluding hydrogens is 246 g/mol. The second-order valence-corrected chi connectivity index (χ2v) is 5.57. The lowest BCUT2D eigenvalue weighted by molar-refractivity contribution is -0.168. The first-order valence-corrected chi connectivity index (χ1v) is 6.79. The van der Waals surface area contributed by atoms with Gasteiger partial charge in [0.2, 0.25) is 5.91 Å². The molecule has 0 aliphatic carbocycles. The highest BCUT2D eigenvalue weighted by atomic mass is 16.7. The number of nitrogens with zero attached hydrogens (tertiary/aromatic N) is 1. The molecule has 0 heterocycles. The fourth-order valence-corrected chi connectivity index (χ4v) is 1.55. The number of hydrogen-bond donors (Lipinski definition) is 0. The van der Waals surface area contributed by atoms with Crippen LogP contribution in [0.15, 0.2) is 0 Å². The molecular formula is C14H27NO4.